The third kappa shape index (κ3) is 1.17. The Hall–Kier alpha value is -1.16. The van der Waals surface area contributed by atoms with Crippen molar-refractivity contribution in [2.24, 2.45) is 0 Å². The van der Waals surface area contributed by atoms with Crippen LogP contribution in [-0.4, -0.2) is 23.1 Å². The molecule has 4 nitrogen and oxygen atoms in total. The third-order valence-corrected chi connectivity index (χ3v) is 1.86. The molecular weight excluding hydrogens is 142 g/mol. The highest BCUT2D eigenvalue weighted by Gasteiger charge is 2.20. The van der Waals surface area contributed by atoms with Gasteiger partial charge in [0.1, 0.15) is 5.82 Å². The minimum atomic E-state index is -0.0677. The molecular formula is C7H9N3O. The molecule has 2 heterocycles. The van der Waals surface area contributed by atoms with E-state index >= 15 is 0 Å². The van der Waals surface area contributed by atoms with Crippen LogP contribution in [0.1, 0.15) is 11.7 Å². The molecule has 0 aliphatic carbocycles. The molecule has 1 fully saturated rings. The highest BCUT2D eigenvalue weighted by atomic mass is 16.1. The van der Waals surface area contributed by atoms with E-state index in [-0.39, 0.29) is 5.56 Å². The third-order valence-electron chi connectivity index (χ3n) is 1.86. The number of aromatic nitrogens is 2. The minimum Gasteiger partial charge on any atom is -0.315 e. The summed E-state index contributed by atoms with van der Waals surface area (Å²) in [5.41, 5.74) is -0.0677. The Balaban J connectivity index is 2.30. The van der Waals surface area contributed by atoms with Crippen LogP contribution in [0.15, 0.2) is 17.1 Å². The lowest BCUT2D eigenvalue weighted by Crippen LogP contribution is -2.41. The molecule has 0 bridgehead atoms. The highest BCUT2D eigenvalue weighted by molar-refractivity contribution is 5.03. The van der Waals surface area contributed by atoms with Gasteiger partial charge in [0.15, 0.2) is 0 Å². The van der Waals surface area contributed by atoms with Crippen molar-refractivity contribution in [2.45, 2.75) is 5.92 Å². The van der Waals surface area contributed by atoms with Crippen molar-refractivity contribution in [3.05, 3.63) is 28.4 Å². The quantitative estimate of drug-likeness (QED) is 0.566. The summed E-state index contributed by atoms with van der Waals surface area (Å²) in [4.78, 5) is 17.6. The number of aromatic amines is 1. The molecule has 1 aliphatic heterocycles. The van der Waals surface area contributed by atoms with Gasteiger partial charge in [-0.05, 0) is 0 Å². The van der Waals surface area contributed by atoms with E-state index in [9.17, 15) is 4.79 Å². The predicted octanol–water partition coefficient (Wildman–Crippen LogP) is -0.543. The van der Waals surface area contributed by atoms with Crippen LogP contribution in [-0.2, 0) is 0 Å². The van der Waals surface area contributed by atoms with Gasteiger partial charge in [0.2, 0.25) is 0 Å². The van der Waals surface area contributed by atoms with Crippen LogP contribution < -0.4 is 10.9 Å². The second-order valence-corrected chi connectivity index (χ2v) is 2.67. The van der Waals surface area contributed by atoms with E-state index in [1.165, 1.54) is 6.07 Å². The maximum atomic E-state index is 10.8. The first-order valence-electron chi connectivity index (χ1n) is 3.62. The van der Waals surface area contributed by atoms with Gasteiger partial charge in [-0.15, -0.1) is 0 Å². The number of nitrogens with zero attached hydrogens (tertiary/aromatic N) is 1. The van der Waals surface area contributed by atoms with Gasteiger partial charge in [0.05, 0.1) is 0 Å². The predicted molar refractivity (Wildman–Crippen MR) is 40.5 cm³/mol. The minimum absolute atomic E-state index is 0.0677. The molecule has 1 aromatic rings. The Kier molecular flexibility index (Phi) is 1.47. The van der Waals surface area contributed by atoms with Crippen LogP contribution in [0.3, 0.4) is 0 Å². The van der Waals surface area contributed by atoms with E-state index in [1.54, 1.807) is 6.20 Å². The van der Waals surface area contributed by atoms with E-state index < -0.39 is 0 Å². The summed E-state index contributed by atoms with van der Waals surface area (Å²) in [5, 5.41) is 3.12. The van der Waals surface area contributed by atoms with Gasteiger partial charge in [-0.2, -0.15) is 0 Å². The van der Waals surface area contributed by atoms with Crippen molar-refractivity contribution < 1.29 is 0 Å². The zero-order valence-electron chi connectivity index (χ0n) is 6.00. The van der Waals surface area contributed by atoms with E-state index in [0.717, 1.165) is 18.9 Å². The van der Waals surface area contributed by atoms with Crippen molar-refractivity contribution >= 4 is 0 Å². The monoisotopic (exact) mass is 151 g/mol. The van der Waals surface area contributed by atoms with E-state index in [1.807, 2.05) is 0 Å². The normalized spacial score (nSPS) is 17.8. The van der Waals surface area contributed by atoms with Crippen molar-refractivity contribution in [1.29, 1.82) is 0 Å². The Morgan fingerprint density at radius 3 is 2.91 bits per heavy atom. The summed E-state index contributed by atoms with van der Waals surface area (Å²) < 4.78 is 0. The van der Waals surface area contributed by atoms with Gasteiger partial charge < -0.3 is 10.3 Å². The standard InChI is InChI=1S/C7H9N3O/c11-6-1-2-9-7(10-6)5-3-8-4-5/h1-2,5,8H,3-4H2,(H,9,10,11). The molecule has 11 heavy (non-hydrogen) atoms. The largest absolute Gasteiger partial charge is 0.315 e. The van der Waals surface area contributed by atoms with Crippen LogP contribution in [0.5, 0.6) is 0 Å². The molecule has 0 radical (unpaired) electrons. The van der Waals surface area contributed by atoms with Crippen molar-refractivity contribution in [3.63, 3.8) is 0 Å². The van der Waals surface area contributed by atoms with Gasteiger partial charge >= 0.3 is 0 Å². The first-order valence-corrected chi connectivity index (χ1v) is 3.62. The Bertz CT molecular complexity index is 303. The molecule has 2 N–H and O–H groups in total. The molecule has 0 aromatic carbocycles. The first kappa shape index (κ1) is 6.54. The first-order chi connectivity index (χ1) is 5.36. The van der Waals surface area contributed by atoms with Crippen LogP contribution >= 0.6 is 0 Å². The number of hydrogen-bond donors (Lipinski definition) is 2. The van der Waals surface area contributed by atoms with Crippen molar-refractivity contribution in [3.8, 4) is 0 Å². The molecule has 2 rings (SSSR count). The molecule has 4 heteroatoms. The molecule has 0 atom stereocenters. The van der Waals surface area contributed by atoms with Crippen LogP contribution in [0.4, 0.5) is 0 Å². The molecule has 0 unspecified atom stereocenters. The Labute approximate surface area is 63.7 Å². The lowest BCUT2D eigenvalue weighted by Gasteiger charge is -2.25. The topological polar surface area (TPSA) is 57.8 Å². The molecule has 0 amide bonds. The number of hydrogen-bond acceptors (Lipinski definition) is 3. The smallest absolute Gasteiger partial charge is 0.250 e. The van der Waals surface area contributed by atoms with Gasteiger partial charge in [-0.1, -0.05) is 0 Å². The van der Waals surface area contributed by atoms with Gasteiger partial charge in [0.25, 0.3) is 5.56 Å². The van der Waals surface area contributed by atoms with Gasteiger partial charge in [-0.3, -0.25) is 4.79 Å². The maximum Gasteiger partial charge on any atom is 0.250 e. The molecule has 0 spiro atoms. The second kappa shape index (κ2) is 2.47. The fourth-order valence-corrected chi connectivity index (χ4v) is 1.07. The van der Waals surface area contributed by atoms with Crippen LogP contribution in [0.25, 0.3) is 0 Å². The van der Waals surface area contributed by atoms with Crippen molar-refractivity contribution in [1.82, 2.24) is 15.3 Å². The summed E-state index contributed by atoms with van der Waals surface area (Å²) in [7, 11) is 0. The number of nitrogens with one attached hydrogen (secondary N) is 2. The average Bonchev–Trinajstić information content (AvgIpc) is 1.83. The summed E-state index contributed by atoms with van der Waals surface area (Å²) in [6.07, 6.45) is 1.55. The van der Waals surface area contributed by atoms with E-state index in [4.69, 9.17) is 0 Å². The summed E-state index contributed by atoms with van der Waals surface area (Å²) in [5.74, 6) is 1.21. The van der Waals surface area contributed by atoms with Gasteiger partial charge in [-0.25, -0.2) is 4.98 Å². The molecule has 0 saturated carbocycles. The van der Waals surface area contributed by atoms with E-state index in [2.05, 4.69) is 15.3 Å². The van der Waals surface area contributed by atoms with Crippen LogP contribution in [0, 0.1) is 0 Å². The van der Waals surface area contributed by atoms with E-state index in [0.29, 0.717) is 5.92 Å². The zero-order chi connectivity index (χ0) is 7.68. The fraction of sp³-hybridized carbons (Fsp3) is 0.429. The lowest BCUT2D eigenvalue weighted by atomic mass is 10.0. The van der Waals surface area contributed by atoms with Gasteiger partial charge in [0, 0.05) is 31.3 Å². The maximum absolute atomic E-state index is 10.8. The number of H-pyrrole nitrogens is 1. The zero-order valence-corrected chi connectivity index (χ0v) is 6.00. The summed E-state index contributed by atoms with van der Waals surface area (Å²) in [6, 6.07) is 1.43. The molecule has 58 valence electrons. The average molecular weight is 151 g/mol. The summed E-state index contributed by atoms with van der Waals surface area (Å²) >= 11 is 0. The second-order valence-electron chi connectivity index (χ2n) is 2.67. The summed E-state index contributed by atoms with van der Waals surface area (Å²) in [6.45, 7) is 1.85. The molecule has 1 aliphatic rings. The fourth-order valence-electron chi connectivity index (χ4n) is 1.07. The SMILES string of the molecule is O=c1ccnc(C2CNC2)[nH]1. The Morgan fingerprint density at radius 1 is 1.55 bits per heavy atom. The highest BCUT2D eigenvalue weighted by Crippen LogP contribution is 2.12. The Morgan fingerprint density at radius 2 is 2.36 bits per heavy atom. The molecule has 1 aromatic heterocycles. The lowest BCUT2D eigenvalue weighted by molar-refractivity contribution is 0.429. The van der Waals surface area contributed by atoms with Crippen molar-refractivity contribution in [2.75, 3.05) is 13.1 Å². The molecule has 1 saturated heterocycles. The number of rotatable bonds is 1. The van der Waals surface area contributed by atoms with Crippen LogP contribution in [0.2, 0.25) is 0 Å².